The molecule has 0 nitrogen and oxygen atoms in total. The van der Waals surface area contributed by atoms with Crippen LogP contribution in [0.3, 0.4) is 0 Å². The average Bonchev–Trinajstić information content (AvgIpc) is 2.87. The lowest BCUT2D eigenvalue weighted by molar-refractivity contribution is 0.711. The zero-order valence-corrected chi connectivity index (χ0v) is 18.3. The van der Waals surface area contributed by atoms with Crippen LogP contribution in [0, 0.1) is 0 Å². The quantitative estimate of drug-likeness (QED) is 0.188. The van der Waals surface area contributed by atoms with Crippen molar-refractivity contribution in [2.45, 2.75) is 58.3 Å². The molecule has 30 heavy (non-hydrogen) atoms. The van der Waals surface area contributed by atoms with Gasteiger partial charge < -0.3 is 0 Å². The van der Waals surface area contributed by atoms with Gasteiger partial charge in [0.2, 0.25) is 0 Å². The van der Waals surface area contributed by atoms with Crippen LogP contribution in [-0.2, 0) is 19.3 Å². The van der Waals surface area contributed by atoms with Crippen LogP contribution in [0.15, 0.2) is 60.7 Å². The highest BCUT2D eigenvalue weighted by Gasteiger charge is 2.36. The number of benzene rings is 3. The van der Waals surface area contributed by atoms with Gasteiger partial charge in [-0.15, -0.1) is 0 Å². The molecule has 0 N–H and O–H groups in total. The predicted molar refractivity (Wildman–Crippen MR) is 131 cm³/mol. The van der Waals surface area contributed by atoms with E-state index in [1.165, 1.54) is 50.7 Å². The van der Waals surface area contributed by atoms with E-state index in [4.69, 9.17) is 0 Å². The molecule has 0 heteroatoms. The summed E-state index contributed by atoms with van der Waals surface area (Å²) in [6.07, 6.45) is 9.46. The van der Waals surface area contributed by atoms with Gasteiger partial charge in [0.05, 0.1) is 33.5 Å². The molecule has 0 fully saturated rings. The maximum absolute atomic E-state index is 2.43. The Hall–Kier alpha value is -2.73. The highest BCUT2D eigenvalue weighted by Crippen LogP contribution is 2.46. The van der Waals surface area contributed by atoms with E-state index in [2.05, 4.69) is 81.5 Å². The van der Waals surface area contributed by atoms with Crippen molar-refractivity contribution in [1.29, 1.82) is 0 Å². The lowest BCUT2D eigenvalue weighted by atomic mass is 9.72. The van der Waals surface area contributed by atoms with Crippen LogP contribution in [-0.4, -0.2) is 0 Å². The van der Waals surface area contributed by atoms with Crippen LogP contribution in [0.4, 0.5) is 0 Å². The van der Waals surface area contributed by atoms with Gasteiger partial charge in [-0.25, -0.2) is 0 Å². The number of rotatable bonds is 3. The van der Waals surface area contributed by atoms with Crippen LogP contribution in [0.2, 0.25) is 0 Å². The van der Waals surface area contributed by atoms with E-state index in [9.17, 15) is 0 Å². The lowest BCUT2D eigenvalue weighted by Gasteiger charge is -2.25. The Kier molecular flexibility index (Phi) is 4.00. The standard InChI is InChI=1S/C30H29/c1-4-6-19-9-11-21-13-14-22-12-10-20-15-16-24-17-23-7-5-8-25(27(23)24)28(20)30(22)29(21)26(19)18(2)3/h5,7,9-16,18,23H,4,6,8,17H2,1-3H3/q+1/t23-/m0/s1. The monoisotopic (exact) mass is 389 g/mol. The minimum absolute atomic E-state index is 0.514. The molecule has 4 aromatic carbocycles. The fourth-order valence-corrected chi connectivity index (χ4v) is 6.11. The molecule has 148 valence electrons. The van der Waals surface area contributed by atoms with Crippen molar-refractivity contribution in [3.63, 3.8) is 0 Å². The molecule has 0 bridgehead atoms. The molecule has 0 heterocycles. The summed E-state index contributed by atoms with van der Waals surface area (Å²) in [4.78, 5) is 0. The van der Waals surface area contributed by atoms with Crippen LogP contribution < -0.4 is 0 Å². The molecule has 0 spiro atoms. The molecular weight excluding hydrogens is 360 g/mol. The van der Waals surface area contributed by atoms with Gasteiger partial charge in [-0.05, 0) is 45.7 Å². The second-order valence-corrected chi connectivity index (χ2v) is 9.53. The molecule has 6 rings (SSSR count). The summed E-state index contributed by atoms with van der Waals surface area (Å²) in [5, 5.41) is 8.65. The molecule has 0 amide bonds. The fourth-order valence-electron chi connectivity index (χ4n) is 6.11. The average molecular weight is 390 g/mol. The van der Waals surface area contributed by atoms with Gasteiger partial charge in [0.25, 0.3) is 0 Å². The van der Waals surface area contributed by atoms with E-state index in [0.29, 0.717) is 11.8 Å². The zero-order chi connectivity index (χ0) is 20.4. The van der Waals surface area contributed by atoms with Crippen molar-refractivity contribution >= 4 is 32.3 Å². The first-order valence-corrected chi connectivity index (χ1v) is 11.6. The highest BCUT2D eigenvalue weighted by atomic mass is 14.3. The molecule has 0 saturated heterocycles. The molecule has 1 atom stereocenters. The number of hydrogen-bond acceptors (Lipinski definition) is 0. The number of fused-ring (bicyclic) bond motifs is 6. The summed E-state index contributed by atoms with van der Waals surface area (Å²) in [6, 6.07) is 18.9. The topological polar surface area (TPSA) is 0 Å². The molecule has 0 radical (unpaired) electrons. The summed E-state index contributed by atoms with van der Waals surface area (Å²) in [7, 11) is 0. The fraction of sp³-hybridized carbons (Fsp3) is 0.300. The Morgan fingerprint density at radius 3 is 2.33 bits per heavy atom. The molecule has 2 aliphatic rings. The number of aryl methyl sites for hydroxylation is 1. The minimum atomic E-state index is 0.514. The first kappa shape index (κ1) is 18.1. The first-order chi connectivity index (χ1) is 14.7. The zero-order valence-electron chi connectivity index (χ0n) is 18.3. The van der Waals surface area contributed by atoms with Gasteiger partial charge in [-0.3, -0.25) is 0 Å². The Morgan fingerprint density at radius 1 is 0.900 bits per heavy atom. The maximum Gasteiger partial charge on any atom is 0.0753 e. The molecule has 0 aliphatic heterocycles. The molecular formula is C30H29+. The van der Waals surface area contributed by atoms with Crippen LogP contribution in [0.5, 0.6) is 0 Å². The Morgan fingerprint density at radius 2 is 1.60 bits per heavy atom. The summed E-state index contributed by atoms with van der Waals surface area (Å²) in [6.45, 7) is 7.03. The highest BCUT2D eigenvalue weighted by molar-refractivity contribution is 6.22. The smallest absolute Gasteiger partial charge is 0.0753 e. The van der Waals surface area contributed by atoms with Crippen molar-refractivity contribution in [3.05, 3.63) is 88.5 Å². The summed E-state index contributed by atoms with van der Waals surface area (Å²) >= 11 is 0. The molecule has 4 aromatic rings. The van der Waals surface area contributed by atoms with E-state index in [1.54, 1.807) is 22.3 Å². The first-order valence-electron chi connectivity index (χ1n) is 11.6. The largest absolute Gasteiger partial charge is 0.0756 e. The van der Waals surface area contributed by atoms with E-state index in [0.717, 1.165) is 12.8 Å². The van der Waals surface area contributed by atoms with Crippen LogP contribution in [0.25, 0.3) is 32.3 Å². The third-order valence-electron chi connectivity index (χ3n) is 7.36. The second kappa shape index (κ2) is 6.64. The van der Waals surface area contributed by atoms with E-state index in [1.807, 2.05) is 0 Å². The van der Waals surface area contributed by atoms with E-state index in [-0.39, 0.29) is 0 Å². The Balaban J connectivity index is 1.88. The van der Waals surface area contributed by atoms with Gasteiger partial charge in [0, 0.05) is 30.2 Å². The third kappa shape index (κ3) is 2.43. The van der Waals surface area contributed by atoms with Crippen molar-refractivity contribution in [3.8, 4) is 0 Å². The van der Waals surface area contributed by atoms with Crippen molar-refractivity contribution in [2.75, 3.05) is 0 Å². The van der Waals surface area contributed by atoms with Gasteiger partial charge in [-0.1, -0.05) is 69.7 Å². The van der Waals surface area contributed by atoms with Gasteiger partial charge in [0.1, 0.15) is 0 Å². The van der Waals surface area contributed by atoms with Crippen molar-refractivity contribution < 1.29 is 0 Å². The van der Waals surface area contributed by atoms with Gasteiger partial charge in [0.15, 0.2) is 0 Å². The van der Waals surface area contributed by atoms with Crippen LogP contribution in [0.1, 0.15) is 66.8 Å². The molecule has 0 aromatic heterocycles. The summed E-state index contributed by atoms with van der Waals surface area (Å²) in [5.74, 6) is 1.14. The number of hydrogen-bond donors (Lipinski definition) is 0. The van der Waals surface area contributed by atoms with E-state index >= 15 is 0 Å². The van der Waals surface area contributed by atoms with E-state index < -0.39 is 0 Å². The lowest BCUT2D eigenvalue weighted by Crippen LogP contribution is -2.18. The normalized spacial score (nSPS) is 17.0. The van der Waals surface area contributed by atoms with Crippen LogP contribution >= 0.6 is 0 Å². The molecule has 0 saturated carbocycles. The number of allylic oxidation sites excluding steroid dienone is 2. The summed E-state index contributed by atoms with van der Waals surface area (Å²) in [5.41, 5.74) is 7.85. The Labute approximate surface area is 179 Å². The maximum atomic E-state index is 2.43. The van der Waals surface area contributed by atoms with Crippen molar-refractivity contribution in [1.82, 2.24) is 0 Å². The predicted octanol–water partition coefficient (Wildman–Crippen LogP) is 8.26. The summed E-state index contributed by atoms with van der Waals surface area (Å²) < 4.78 is 0. The minimum Gasteiger partial charge on any atom is -0.0756 e. The third-order valence-corrected chi connectivity index (χ3v) is 7.36. The second-order valence-electron chi connectivity index (χ2n) is 9.53. The van der Waals surface area contributed by atoms with Crippen molar-refractivity contribution in [2.24, 2.45) is 0 Å². The molecule has 2 aliphatic carbocycles. The Bertz CT molecular complexity index is 1370. The van der Waals surface area contributed by atoms with Gasteiger partial charge >= 0.3 is 0 Å². The molecule has 0 unspecified atom stereocenters. The SMILES string of the molecule is CCCc1ccc2ccc3ccc4cc[c+]5c6c(c4c3c2c1C(C)C)CC=C[C@H]6C5. The van der Waals surface area contributed by atoms with Gasteiger partial charge in [-0.2, -0.15) is 0 Å².